The van der Waals surface area contributed by atoms with Crippen LogP contribution in [0.25, 0.3) is 11.3 Å². The summed E-state index contributed by atoms with van der Waals surface area (Å²) in [5, 5.41) is 18.8. The van der Waals surface area contributed by atoms with E-state index in [4.69, 9.17) is 0 Å². The Hall–Kier alpha value is -4.71. The zero-order valence-corrected chi connectivity index (χ0v) is 18.7. The molecule has 9 heteroatoms. The van der Waals surface area contributed by atoms with E-state index in [-0.39, 0.29) is 29.9 Å². The topological polar surface area (TPSA) is 122 Å². The summed E-state index contributed by atoms with van der Waals surface area (Å²) in [6.07, 6.45) is -0.170. The molecule has 0 atom stereocenters. The Kier molecular flexibility index (Phi) is 6.23. The smallest absolute Gasteiger partial charge is 0.264 e. The number of aromatic amines is 1. The lowest BCUT2D eigenvalue weighted by Crippen LogP contribution is -2.26. The molecule has 0 aliphatic carbocycles. The highest BCUT2D eigenvalue weighted by molar-refractivity contribution is 6.04. The minimum Gasteiger partial charge on any atom is -0.328 e. The van der Waals surface area contributed by atoms with Crippen LogP contribution in [0.15, 0.2) is 76.9 Å². The second kappa shape index (κ2) is 9.42. The third kappa shape index (κ3) is 4.42. The van der Waals surface area contributed by atoms with E-state index in [9.17, 15) is 19.6 Å². The highest BCUT2D eigenvalue weighted by Gasteiger charge is 2.31. The van der Waals surface area contributed by atoms with Crippen LogP contribution in [0.1, 0.15) is 12.8 Å². The summed E-state index contributed by atoms with van der Waals surface area (Å²) in [7, 11) is 3.61. The SMILES string of the molecule is CN1C(=C(C#N)C(=O)CCC(=O)Nc2cccc(-c3ccc(=O)[nH]n3)c2)N(C)c2ccccc21. The number of carbonyl (C=O) groups excluding carboxylic acids is 2. The maximum absolute atomic E-state index is 12.9. The van der Waals surface area contributed by atoms with Crippen LogP contribution >= 0.6 is 0 Å². The number of allylic oxidation sites excluding steroid dienone is 1. The Balaban J connectivity index is 1.43. The van der Waals surface area contributed by atoms with Crippen LogP contribution in [0.5, 0.6) is 0 Å². The van der Waals surface area contributed by atoms with Gasteiger partial charge < -0.3 is 15.1 Å². The monoisotopic (exact) mass is 454 g/mol. The van der Waals surface area contributed by atoms with Crippen molar-refractivity contribution in [3.63, 3.8) is 0 Å². The van der Waals surface area contributed by atoms with Gasteiger partial charge in [0, 0.05) is 44.3 Å². The lowest BCUT2D eigenvalue weighted by Gasteiger charge is -2.19. The number of Topliss-reactive ketones (excluding diaryl/α,β-unsaturated/α-hetero) is 1. The zero-order valence-electron chi connectivity index (χ0n) is 18.7. The van der Waals surface area contributed by atoms with Crippen LogP contribution in [-0.2, 0) is 9.59 Å². The van der Waals surface area contributed by atoms with E-state index < -0.39 is 5.78 Å². The van der Waals surface area contributed by atoms with Gasteiger partial charge in [-0.3, -0.25) is 14.4 Å². The highest BCUT2D eigenvalue weighted by Crippen LogP contribution is 2.40. The molecule has 0 saturated heterocycles. The fourth-order valence-corrected chi connectivity index (χ4v) is 3.89. The average molecular weight is 454 g/mol. The number of benzene rings is 2. The third-order valence-corrected chi connectivity index (χ3v) is 5.55. The summed E-state index contributed by atoms with van der Waals surface area (Å²) < 4.78 is 0. The molecule has 0 spiro atoms. The van der Waals surface area contributed by atoms with E-state index in [2.05, 4.69) is 15.5 Å². The summed E-state index contributed by atoms with van der Waals surface area (Å²) in [5.41, 5.74) is 3.32. The molecule has 4 rings (SSSR count). The number of ketones is 1. The summed E-state index contributed by atoms with van der Waals surface area (Å²) in [6, 6.07) is 19.6. The van der Waals surface area contributed by atoms with Crippen LogP contribution in [-0.4, -0.2) is 36.0 Å². The van der Waals surface area contributed by atoms with E-state index in [1.165, 1.54) is 6.07 Å². The van der Waals surface area contributed by atoms with Crippen molar-refractivity contribution < 1.29 is 9.59 Å². The van der Waals surface area contributed by atoms with Gasteiger partial charge in [-0.2, -0.15) is 10.4 Å². The second-order valence-electron chi connectivity index (χ2n) is 7.78. The molecule has 170 valence electrons. The average Bonchev–Trinajstić information content (AvgIpc) is 3.09. The number of anilines is 3. The lowest BCUT2D eigenvalue weighted by molar-refractivity contribution is -0.120. The summed E-state index contributed by atoms with van der Waals surface area (Å²) in [5.74, 6) is -0.251. The molecule has 1 amide bonds. The Bertz CT molecular complexity index is 1350. The fourth-order valence-electron chi connectivity index (χ4n) is 3.89. The van der Waals surface area contributed by atoms with Gasteiger partial charge in [0.15, 0.2) is 5.78 Å². The summed E-state index contributed by atoms with van der Waals surface area (Å²) >= 11 is 0. The van der Waals surface area contributed by atoms with Crippen molar-refractivity contribution in [1.29, 1.82) is 5.26 Å². The molecule has 34 heavy (non-hydrogen) atoms. The van der Waals surface area contributed by atoms with E-state index in [1.54, 1.807) is 44.4 Å². The second-order valence-corrected chi connectivity index (χ2v) is 7.78. The number of rotatable bonds is 6. The lowest BCUT2D eigenvalue weighted by atomic mass is 10.1. The number of nitriles is 1. The molecule has 0 fully saturated rings. The van der Waals surface area contributed by atoms with Crippen LogP contribution in [0, 0.1) is 11.3 Å². The van der Waals surface area contributed by atoms with Crippen molar-refractivity contribution in [2.45, 2.75) is 12.8 Å². The number of fused-ring (bicyclic) bond motifs is 1. The van der Waals surface area contributed by atoms with Gasteiger partial charge in [-0.25, -0.2) is 5.10 Å². The van der Waals surface area contributed by atoms with Crippen molar-refractivity contribution in [2.24, 2.45) is 0 Å². The number of H-pyrrole nitrogens is 1. The Morgan fingerprint density at radius 1 is 1.00 bits per heavy atom. The van der Waals surface area contributed by atoms with Crippen molar-refractivity contribution in [2.75, 3.05) is 29.2 Å². The number of carbonyl (C=O) groups is 2. The highest BCUT2D eigenvalue weighted by atomic mass is 16.2. The van der Waals surface area contributed by atoms with Crippen LogP contribution < -0.4 is 20.7 Å². The Morgan fingerprint density at radius 2 is 1.71 bits per heavy atom. The quantitative estimate of drug-likeness (QED) is 0.434. The minimum atomic E-state index is -0.398. The molecular formula is C25H22N6O3. The van der Waals surface area contributed by atoms with E-state index >= 15 is 0 Å². The van der Waals surface area contributed by atoms with Gasteiger partial charge in [-0.1, -0.05) is 24.3 Å². The number of hydrogen-bond donors (Lipinski definition) is 2. The molecule has 0 radical (unpaired) electrons. The third-order valence-electron chi connectivity index (χ3n) is 5.55. The van der Waals surface area contributed by atoms with Crippen LogP contribution in [0.2, 0.25) is 0 Å². The van der Waals surface area contributed by atoms with Crippen LogP contribution in [0.4, 0.5) is 17.1 Å². The van der Waals surface area contributed by atoms with Crippen molar-refractivity contribution in [3.8, 4) is 17.3 Å². The standard InChI is InChI=1S/C25H22N6O3/c1-30-20-8-3-4-9-21(20)31(2)25(30)18(15-26)22(32)11-13-23(33)27-17-7-5-6-16(14-17)19-10-12-24(34)29-28-19/h3-10,12,14H,11,13H2,1-2H3,(H,27,33)(H,29,34). The molecule has 0 unspecified atom stereocenters. The number of aromatic nitrogens is 2. The van der Waals surface area contributed by atoms with E-state index in [0.717, 1.165) is 11.4 Å². The molecule has 2 aromatic carbocycles. The predicted molar refractivity (Wildman–Crippen MR) is 129 cm³/mol. The van der Waals surface area contributed by atoms with E-state index in [1.807, 2.05) is 40.1 Å². The van der Waals surface area contributed by atoms with Gasteiger partial charge in [0.2, 0.25) is 5.91 Å². The number of amides is 1. The van der Waals surface area contributed by atoms with Crippen molar-refractivity contribution >= 4 is 28.8 Å². The van der Waals surface area contributed by atoms with Gasteiger partial charge in [-0.05, 0) is 30.3 Å². The van der Waals surface area contributed by atoms with E-state index in [0.29, 0.717) is 22.8 Å². The van der Waals surface area contributed by atoms with Gasteiger partial charge in [0.25, 0.3) is 5.56 Å². The van der Waals surface area contributed by atoms with Gasteiger partial charge in [-0.15, -0.1) is 0 Å². The number of para-hydroxylation sites is 2. The Morgan fingerprint density at radius 3 is 2.32 bits per heavy atom. The molecule has 0 bridgehead atoms. The number of nitrogens with one attached hydrogen (secondary N) is 2. The molecule has 2 N–H and O–H groups in total. The molecular weight excluding hydrogens is 432 g/mol. The van der Waals surface area contributed by atoms with Gasteiger partial charge in [0.1, 0.15) is 17.5 Å². The largest absolute Gasteiger partial charge is 0.328 e. The normalized spacial score (nSPS) is 12.2. The summed E-state index contributed by atoms with van der Waals surface area (Å²) in [4.78, 5) is 40.2. The van der Waals surface area contributed by atoms with Gasteiger partial charge >= 0.3 is 0 Å². The first kappa shape index (κ1) is 22.5. The molecule has 1 aliphatic rings. The molecule has 0 saturated carbocycles. The van der Waals surface area contributed by atoms with Crippen molar-refractivity contribution in [1.82, 2.24) is 10.2 Å². The first-order valence-electron chi connectivity index (χ1n) is 10.6. The van der Waals surface area contributed by atoms with Crippen LogP contribution in [0.3, 0.4) is 0 Å². The van der Waals surface area contributed by atoms with Crippen molar-refractivity contribution in [3.05, 3.63) is 82.4 Å². The number of nitrogens with zero attached hydrogens (tertiary/aromatic N) is 4. The molecule has 1 aromatic heterocycles. The molecule has 1 aliphatic heterocycles. The first-order valence-corrected chi connectivity index (χ1v) is 10.6. The fraction of sp³-hybridized carbons (Fsp3) is 0.160. The summed E-state index contributed by atoms with van der Waals surface area (Å²) in [6.45, 7) is 0. The maximum Gasteiger partial charge on any atom is 0.264 e. The minimum absolute atomic E-state index is 0.0140. The molecule has 2 heterocycles. The zero-order chi connectivity index (χ0) is 24.2. The first-order chi connectivity index (χ1) is 16.4. The number of hydrogen-bond acceptors (Lipinski definition) is 7. The maximum atomic E-state index is 12.9. The Labute approximate surface area is 195 Å². The molecule has 9 nitrogen and oxygen atoms in total. The predicted octanol–water partition coefficient (Wildman–Crippen LogP) is 3.05. The molecule has 3 aromatic rings. The van der Waals surface area contributed by atoms with Gasteiger partial charge in [0.05, 0.1) is 17.1 Å².